The van der Waals surface area contributed by atoms with Gasteiger partial charge in [-0.25, -0.2) is 0 Å². The van der Waals surface area contributed by atoms with Crippen molar-refractivity contribution in [1.29, 1.82) is 0 Å². The predicted octanol–water partition coefficient (Wildman–Crippen LogP) is -1.81. The summed E-state index contributed by atoms with van der Waals surface area (Å²) in [5.41, 5.74) is 0. The Balaban J connectivity index is -0.000000101. The fraction of sp³-hybridized carbons (Fsp3) is 0. The molecule has 0 aromatic carbocycles. The topological polar surface area (TPSA) is 144 Å². The summed E-state index contributed by atoms with van der Waals surface area (Å²) in [6, 6.07) is 0. The van der Waals surface area contributed by atoms with Crippen LogP contribution in [-0.4, -0.2) is 30.1 Å². The first kappa shape index (κ1) is 31.0. The number of hydrogen-bond acceptors (Lipinski definition) is 7. The van der Waals surface area contributed by atoms with Crippen molar-refractivity contribution in [3.05, 3.63) is 0 Å². The molecule has 16 heavy (non-hydrogen) atoms. The number of hydrogen-bond donors (Lipinski definition) is 2. The van der Waals surface area contributed by atoms with Crippen molar-refractivity contribution in [1.82, 2.24) is 0 Å². The summed E-state index contributed by atoms with van der Waals surface area (Å²) in [5.74, 6) is 0. The van der Waals surface area contributed by atoms with E-state index in [2.05, 4.69) is 7.26 Å². The number of rotatable bonds is 4. The summed E-state index contributed by atoms with van der Waals surface area (Å²) in [6.45, 7) is 0. The van der Waals surface area contributed by atoms with Crippen LogP contribution in [0, 0.1) is 0 Å². The zero-order valence-electron chi connectivity index (χ0n) is 7.81. The first-order valence-electron chi connectivity index (χ1n) is 1.87. The zero-order valence-corrected chi connectivity index (χ0v) is 22.1. The standard InChI is InChI=1S/H2O9S3.4Zn/c1-10(8-11(2,3)4)9-12(5,6)7;;;;/h(H,2,3,4)(H,5,6,7);;;;. The third-order valence-electron chi connectivity index (χ3n) is 0.283. The van der Waals surface area contributed by atoms with Crippen molar-refractivity contribution in [2.75, 3.05) is 0 Å². The van der Waals surface area contributed by atoms with Crippen LogP contribution in [0.25, 0.3) is 0 Å². The Hall–Kier alpha value is 2.38. The molecule has 0 rings (SSSR count). The monoisotopic (exact) mass is 498 g/mol. The van der Waals surface area contributed by atoms with Crippen LogP contribution in [0.1, 0.15) is 0 Å². The third-order valence-corrected chi connectivity index (χ3v) is 2.55. The zero-order chi connectivity index (χ0) is 9.99. The smallest absolute Gasteiger partial charge is 0.263 e. The molecule has 0 aromatic rings. The van der Waals surface area contributed by atoms with Crippen LogP contribution in [0.4, 0.5) is 0 Å². The molecule has 0 unspecified atom stereocenters. The van der Waals surface area contributed by atoms with E-state index in [4.69, 9.17) is 9.11 Å². The molecule has 0 aliphatic heterocycles. The van der Waals surface area contributed by atoms with Gasteiger partial charge in [0.05, 0.1) is 0 Å². The Labute approximate surface area is 146 Å². The van der Waals surface area contributed by atoms with Gasteiger partial charge in [-0.1, -0.05) is 0 Å². The molecule has 0 heterocycles. The molecule has 0 bridgehead atoms. The van der Waals surface area contributed by atoms with Crippen LogP contribution in [0.3, 0.4) is 0 Å². The van der Waals surface area contributed by atoms with Gasteiger partial charge in [0, 0.05) is 77.9 Å². The van der Waals surface area contributed by atoms with Gasteiger partial charge in [0.25, 0.3) is 0 Å². The minimum atomic E-state index is -5.10. The maximum absolute atomic E-state index is 10.1. The van der Waals surface area contributed by atoms with Gasteiger partial charge in [-0.15, -0.1) is 7.26 Å². The molecule has 0 amide bonds. The molecule has 0 radical (unpaired) electrons. The third kappa shape index (κ3) is 25.3. The first-order chi connectivity index (χ1) is 5.10. The van der Waals surface area contributed by atoms with E-state index in [1.54, 1.807) is 0 Å². The second kappa shape index (κ2) is 12.4. The van der Waals surface area contributed by atoms with Gasteiger partial charge in [0.15, 0.2) is 0 Å². The van der Waals surface area contributed by atoms with Crippen molar-refractivity contribution in [3.63, 3.8) is 0 Å². The Morgan fingerprint density at radius 3 is 1.06 bits per heavy atom. The summed E-state index contributed by atoms with van der Waals surface area (Å²) in [5, 5.41) is 0. The van der Waals surface area contributed by atoms with Gasteiger partial charge in [-0.05, 0) is 0 Å². The predicted molar refractivity (Wildman–Crippen MR) is 33.4 cm³/mol. The summed E-state index contributed by atoms with van der Waals surface area (Å²) < 4.78 is 70.6. The summed E-state index contributed by atoms with van der Waals surface area (Å²) in [6.07, 6.45) is 0. The molecule has 0 spiro atoms. The van der Waals surface area contributed by atoms with Gasteiger partial charge in [0.1, 0.15) is 0 Å². The van der Waals surface area contributed by atoms with Crippen LogP contribution in [-0.2, 0) is 117 Å². The van der Waals surface area contributed by atoms with Crippen molar-refractivity contribution >= 4 is 32.2 Å². The van der Waals surface area contributed by atoms with E-state index in [9.17, 15) is 21.0 Å². The molecule has 0 saturated carbocycles. The molecule has 0 aliphatic carbocycles. The fourth-order valence-corrected chi connectivity index (χ4v) is 1.57. The molecule has 82 valence electrons. The van der Waals surface area contributed by atoms with Crippen LogP contribution >= 0.6 is 0 Å². The quantitative estimate of drug-likeness (QED) is 0.335. The first-order valence-corrected chi connectivity index (χ1v) is 5.60. The van der Waals surface area contributed by atoms with Gasteiger partial charge in [-0.3, -0.25) is 9.11 Å². The molecule has 0 saturated heterocycles. The Morgan fingerprint density at radius 2 is 0.938 bits per heavy atom. The van der Waals surface area contributed by atoms with E-state index in [1.807, 2.05) is 0 Å². The average Bonchev–Trinajstić information content (AvgIpc) is 1.49. The van der Waals surface area contributed by atoms with E-state index < -0.39 is 32.2 Å². The summed E-state index contributed by atoms with van der Waals surface area (Å²) >= 11 is -3.33. The van der Waals surface area contributed by atoms with E-state index >= 15 is 0 Å². The van der Waals surface area contributed by atoms with Crippen molar-refractivity contribution < 1.29 is 115 Å². The van der Waals surface area contributed by atoms with E-state index in [-0.39, 0.29) is 77.9 Å². The van der Waals surface area contributed by atoms with Crippen molar-refractivity contribution in [2.24, 2.45) is 0 Å². The molecule has 0 aliphatic rings. The summed E-state index contributed by atoms with van der Waals surface area (Å²) in [7, 11) is -10.2. The maximum atomic E-state index is 10.1. The van der Waals surface area contributed by atoms with Crippen LogP contribution in [0.5, 0.6) is 0 Å². The SMILES string of the molecule is O=S(OS(=O)(=O)O)OS(=O)(=O)O.[Zn].[Zn].[Zn].[Zn]. The van der Waals surface area contributed by atoms with Gasteiger partial charge in [-0.2, -0.15) is 21.0 Å². The van der Waals surface area contributed by atoms with E-state index in [0.29, 0.717) is 0 Å². The largest absolute Gasteiger partial charge is 0.412 e. The van der Waals surface area contributed by atoms with Gasteiger partial charge >= 0.3 is 32.2 Å². The fourth-order valence-electron chi connectivity index (χ4n) is 0.152. The molecule has 2 N–H and O–H groups in total. The van der Waals surface area contributed by atoms with Gasteiger partial charge < -0.3 is 0 Å². The molecule has 0 fully saturated rings. The minimum Gasteiger partial charge on any atom is -0.263 e. The Bertz CT molecular complexity index is 330. The Kier molecular flexibility index (Phi) is 24.1. The minimum absolute atomic E-state index is 0. The normalized spacial score (nSPS) is 10.2. The van der Waals surface area contributed by atoms with Crippen molar-refractivity contribution in [3.8, 4) is 0 Å². The van der Waals surface area contributed by atoms with Crippen molar-refractivity contribution in [2.45, 2.75) is 0 Å². The van der Waals surface area contributed by atoms with Crippen LogP contribution < -0.4 is 0 Å². The molecule has 0 atom stereocenters. The van der Waals surface area contributed by atoms with Crippen LogP contribution in [0.2, 0.25) is 0 Å². The second-order valence-electron chi connectivity index (χ2n) is 1.20. The Morgan fingerprint density at radius 1 is 0.750 bits per heavy atom. The van der Waals surface area contributed by atoms with Gasteiger partial charge in [0.2, 0.25) is 0 Å². The molecule has 9 nitrogen and oxygen atoms in total. The average molecular weight is 504 g/mol. The van der Waals surface area contributed by atoms with Crippen LogP contribution in [0.15, 0.2) is 0 Å². The maximum Gasteiger partial charge on any atom is 0.412 e. The second-order valence-corrected chi connectivity index (χ2v) is 4.40. The summed E-state index contributed by atoms with van der Waals surface area (Å²) in [4.78, 5) is 0. The van der Waals surface area contributed by atoms with E-state index in [1.165, 1.54) is 0 Å². The molecular formula is H2O9S3Zn4. The molecule has 16 heteroatoms. The molecule has 0 aromatic heterocycles. The van der Waals surface area contributed by atoms with E-state index in [0.717, 1.165) is 0 Å². The molecular weight excluding hydrogens is 502 g/mol.